The van der Waals surface area contributed by atoms with Gasteiger partial charge in [-0.2, -0.15) is 0 Å². The summed E-state index contributed by atoms with van der Waals surface area (Å²) >= 11 is 0. The fraction of sp³-hybridized carbons (Fsp3) is 0.429. The van der Waals surface area contributed by atoms with E-state index in [0.717, 1.165) is 36.6 Å². The second kappa shape index (κ2) is 7.31. The lowest BCUT2D eigenvalue weighted by atomic mass is 9.77. The number of aromatic nitrogens is 4. The zero-order chi connectivity index (χ0) is 19.7. The number of para-hydroxylation sites is 1. The van der Waals surface area contributed by atoms with E-state index >= 15 is 0 Å². The molecule has 0 spiro atoms. The van der Waals surface area contributed by atoms with Crippen molar-refractivity contribution >= 4 is 16.8 Å². The second-order valence-corrected chi connectivity index (χ2v) is 8.03. The Morgan fingerprint density at radius 1 is 1.18 bits per heavy atom. The van der Waals surface area contributed by atoms with Crippen molar-refractivity contribution in [1.29, 1.82) is 0 Å². The summed E-state index contributed by atoms with van der Waals surface area (Å²) in [6.07, 6.45) is 8.54. The van der Waals surface area contributed by atoms with Gasteiger partial charge in [-0.05, 0) is 51.5 Å². The van der Waals surface area contributed by atoms with Crippen LogP contribution in [0.15, 0.2) is 43.0 Å². The number of nitrogens with zero attached hydrogens (tertiary/aromatic N) is 4. The summed E-state index contributed by atoms with van der Waals surface area (Å²) in [6, 6.07) is 7.62. The Balaban J connectivity index is 1.57. The number of hydrogen-bond donors (Lipinski definition) is 2. The predicted molar refractivity (Wildman–Crippen MR) is 106 cm³/mol. The van der Waals surface area contributed by atoms with Crippen molar-refractivity contribution in [2.24, 2.45) is 5.92 Å². The summed E-state index contributed by atoms with van der Waals surface area (Å²) in [4.78, 5) is 26.2. The van der Waals surface area contributed by atoms with E-state index in [4.69, 9.17) is 0 Å². The van der Waals surface area contributed by atoms with E-state index in [-0.39, 0.29) is 17.9 Å². The Labute approximate surface area is 163 Å². The van der Waals surface area contributed by atoms with Crippen LogP contribution in [0.5, 0.6) is 0 Å². The highest BCUT2D eigenvalue weighted by molar-refractivity contribution is 6.04. The van der Waals surface area contributed by atoms with E-state index in [1.165, 1.54) is 0 Å². The van der Waals surface area contributed by atoms with Crippen molar-refractivity contribution < 1.29 is 9.90 Å². The van der Waals surface area contributed by atoms with Gasteiger partial charge in [-0.3, -0.25) is 9.36 Å². The van der Waals surface area contributed by atoms with E-state index < -0.39 is 5.60 Å². The van der Waals surface area contributed by atoms with E-state index in [1.54, 1.807) is 23.3 Å². The summed E-state index contributed by atoms with van der Waals surface area (Å²) in [5.41, 5.74) is 0.424. The smallest absolute Gasteiger partial charge is 0.270 e. The van der Waals surface area contributed by atoms with E-state index in [1.807, 2.05) is 38.1 Å². The zero-order valence-electron chi connectivity index (χ0n) is 16.2. The fourth-order valence-electron chi connectivity index (χ4n) is 3.93. The molecule has 1 aliphatic rings. The molecule has 0 saturated heterocycles. The molecule has 2 N–H and O–H groups in total. The molecule has 1 aromatic carbocycles. The van der Waals surface area contributed by atoms with Crippen molar-refractivity contribution in [2.45, 2.75) is 51.2 Å². The van der Waals surface area contributed by atoms with Crippen LogP contribution in [0.3, 0.4) is 0 Å². The minimum Gasteiger partial charge on any atom is -0.390 e. The highest BCUT2D eigenvalue weighted by Crippen LogP contribution is 2.32. The molecule has 2 heterocycles. The molecule has 0 bridgehead atoms. The molecule has 1 aliphatic carbocycles. The van der Waals surface area contributed by atoms with Gasteiger partial charge >= 0.3 is 0 Å². The highest BCUT2D eigenvalue weighted by atomic mass is 16.3. The van der Waals surface area contributed by atoms with Gasteiger partial charge in [0, 0.05) is 23.8 Å². The topological polar surface area (TPSA) is 92.9 Å². The first kappa shape index (κ1) is 18.6. The molecule has 7 heteroatoms. The first-order valence-corrected chi connectivity index (χ1v) is 9.70. The number of aliphatic hydroxyl groups is 1. The lowest BCUT2D eigenvalue weighted by molar-refractivity contribution is -0.00258. The third kappa shape index (κ3) is 3.75. The van der Waals surface area contributed by atoms with Gasteiger partial charge in [0.05, 0.1) is 11.1 Å². The monoisotopic (exact) mass is 379 g/mol. The number of benzene rings is 1. The van der Waals surface area contributed by atoms with Crippen LogP contribution < -0.4 is 5.32 Å². The number of rotatable bonds is 4. The second-order valence-electron chi connectivity index (χ2n) is 8.03. The zero-order valence-corrected chi connectivity index (χ0v) is 16.2. The molecule has 3 aromatic rings. The first-order chi connectivity index (χ1) is 13.4. The van der Waals surface area contributed by atoms with Gasteiger partial charge in [0.2, 0.25) is 5.95 Å². The summed E-state index contributed by atoms with van der Waals surface area (Å²) < 4.78 is 1.69. The normalized spacial score (nSPS) is 20.2. The average molecular weight is 379 g/mol. The Morgan fingerprint density at radius 2 is 1.93 bits per heavy atom. The van der Waals surface area contributed by atoms with E-state index in [0.29, 0.717) is 11.6 Å². The maximum atomic E-state index is 13.1. The molecule has 1 saturated carbocycles. The largest absolute Gasteiger partial charge is 0.390 e. The van der Waals surface area contributed by atoms with Crippen LogP contribution in [0.2, 0.25) is 0 Å². The SMILES string of the molecule is CC(C)(O)C1CCC(NC(=O)c2nc(-n3ccnc3)nc3ccccc23)CC1. The van der Waals surface area contributed by atoms with Crippen molar-refractivity contribution in [1.82, 2.24) is 24.8 Å². The van der Waals surface area contributed by atoms with Gasteiger partial charge in [0.1, 0.15) is 12.0 Å². The Hall–Kier alpha value is -2.80. The minimum absolute atomic E-state index is 0.0940. The lowest BCUT2D eigenvalue weighted by Gasteiger charge is -2.36. The van der Waals surface area contributed by atoms with Crippen LogP contribution in [0.25, 0.3) is 16.9 Å². The van der Waals surface area contributed by atoms with Crippen LogP contribution in [0.4, 0.5) is 0 Å². The standard InChI is InChI=1S/C21H25N5O2/c1-21(2,28)14-7-9-15(10-8-14)23-19(27)18-16-5-3-4-6-17(16)24-20(25-18)26-12-11-22-13-26/h3-6,11-15,28H,7-10H2,1-2H3,(H,23,27). The van der Waals surface area contributed by atoms with Crippen molar-refractivity contribution in [3.8, 4) is 5.95 Å². The first-order valence-electron chi connectivity index (χ1n) is 9.70. The van der Waals surface area contributed by atoms with Crippen LogP contribution in [0.1, 0.15) is 50.0 Å². The predicted octanol–water partition coefficient (Wildman–Crippen LogP) is 2.88. The van der Waals surface area contributed by atoms with Crippen molar-refractivity contribution in [2.75, 3.05) is 0 Å². The van der Waals surface area contributed by atoms with Crippen LogP contribution in [-0.2, 0) is 0 Å². The number of fused-ring (bicyclic) bond motifs is 1. The molecule has 0 atom stereocenters. The molecule has 1 amide bonds. The van der Waals surface area contributed by atoms with E-state index in [9.17, 15) is 9.90 Å². The summed E-state index contributed by atoms with van der Waals surface area (Å²) in [7, 11) is 0. The molecule has 28 heavy (non-hydrogen) atoms. The number of amides is 1. The molecule has 0 aliphatic heterocycles. The Kier molecular flexibility index (Phi) is 4.85. The molecule has 146 valence electrons. The van der Waals surface area contributed by atoms with Crippen LogP contribution in [0, 0.1) is 5.92 Å². The van der Waals surface area contributed by atoms with E-state index in [2.05, 4.69) is 20.3 Å². The lowest BCUT2D eigenvalue weighted by Crippen LogP contribution is -2.42. The third-order valence-electron chi connectivity index (χ3n) is 5.60. The van der Waals surface area contributed by atoms with Crippen molar-refractivity contribution in [3.63, 3.8) is 0 Å². The maximum Gasteiger partial charge on any atom is 0.270 e. The number of imidazole rings is 1. The van der Waals surface area contributed by atoms with Gasteiger partial charge in [-0.15, -0.1) is 0 Å². The quantitative estimate of drug-likeness (QED) is 0.727. The van der Waals surface area contributed by atoms with Gasteiger partial charge in [0.25, 0.3) is 5.91 Å². The molecular weight excluding hydrogens is 354 g/mol. The summed E-state index contributed by atoms with van der Waals surface area (Å²) in [5, 5.41) is 14.1. The Morgan fingerprint density at radius 3 is 2.61 bits per heavy atom. The molecule has 4 rings (SSSR count). The van der Waals surface area contributed by atoms with Gasteiger partial charge in [-0.25, -0.2) is 15.0 Å². The summed E-state index contributed by atoms with van der Waals surface area (Å²) in [5.74, 6) is 0.507. The molecule has 0 unspecified atom stereocenters. The summed E-state index contributed by atoms with van der Waals surface area (Å²) in [6.45, 7) is 3.72. The average Bonchev–Trinajstić information content (AvgIpc) is 3.21. The number of nitrogens with one attached hydrogen (secondary N) is 1. The van der Waals surface area contributed by atoms with Gasteiger partial charge in [-0.1, -0.05) is 18.2 Å². The minimum atomic E-state index is -0.669. The third-order valence-corrected chi connectivity index (χ3v) is 5.60. The molecular formula is C21H25N5O2. The van der Waals surface area contributed by atoms with Crippen LogP contribution in [-0.4, -0.2) is 42.2 Å². The number of carbonyl (C=O) groups excluding carboxylic acids is 1. The van der Waals surface area contributed by atoms with Crippen molar-refractivity contribution in [3.05, 3.63) is 48.7 Å². The van der Waals surface area contributed by atoms with Gasteiger partial charge in [0.15, 0.2) is 0 Å². The maximum absolute atomic E-state index is 13.1. The van der Waals surface area contributed by atoms with Crippen LogP contribution >= 0.6 is 0 Å². The number of hydrogen-bond acceptors (Lipinski definition) is 5. The highest BCUT2D eigenvalue weighted by Gasteiger charge is 2.32. The number of carbonyl (C=O) groups is 1. The molecule has 7 nitrogen and oxygen atoms in total. The Bertz CT molecular complexity index is 970. The fourth-order valence-corrected chi connectivity index (χ4v) is 3.93. The molecule has 2 aromatic heterocycles. The molecule has 1 fully saturated rings. The van der Waals surface area contributed by atoms with Gasteiger partial charge < -0.3 is 10.4 Å². The molecule has 0 radical (unpaired) electrons.